The van der Waals surface area contributed by atoms with Gasteiger partial charge in [0, 0.05) is 4.91 Å². The zero-order chi connectivity index (χ0) is 13.4. The summed E-state index contributed by atoms with van der Waals surface area (Å²) >= 11 is 6.11. The molecule has 1 rings (SSSR count). The highest BCUT2D eigenvalue weighted by Crippen LogP contribution is 2.23. The molecule has 0 aliphatic rings. The molecule has 0 aromatic carbocycles. The summed E-state index contributed by atoms with van der Waals surface area (Å²) in [7, 11) is 0. The topological polar surface area (TPSA) is 74.5 Å². The summed E-state index contributed by atoms with van der Waals surface area (Å²) in [6.45, 7) is 4.20. The maximum absolute atomic E-state index is 8.56. The fourth-order valence-electron chi connectivity index (χ4n) is 1.61. The molecule has 0 spiro atoms. The first-order valence-electron chi connectivity index (χ1n) is 6.33. The summed E-state index contributed by atoms with van der Waals surface area (Å²) in [4.78, 5) is 11.5. The van der Waals surface area contributed by atoms with Gasteiger partial charge in [0.1, 0.15) is 5.82 Å². The van der Waals surface area contributed by atoms with E-state index < -0.39 is 0 Å². The molecule has 98 valence electrons. The van der Waals surface area contributed by atoms with Crippen molar-refractivity contribution in [2.75, 3.05) is 0 Å². The van der Waals surface area contributed by atoms with Crippen LogP contribution in [0.25, 0.3) is 10.4 Å². The van der Waals surface area contributed by atoms with Crippen molar-refractivity contribution >= 4 is 17.4 Å². The van der Waals surface area contributed by atoms with E-state index in [4.69, 9.17) is 17.1 Å². The maximum atomic E-state index is 8.56. The third-order valence-corrected chi connectivity index (χ3v) is 2.95. The van der Waals surface area contributed by atoms with E-state index in [0.717, 1.165) is 44.2 Å². The fourth-order valence-corrected chi connectivity index (χ4v) is 1.85. The van der Waals surface area contributed by atoms with E-state index in [1.807, 2.05) is 0 Å². The predicted molar refractivity (Wildman–Crippen MR) is 73.1 cm³/mol. The Bertz CT molecular complexity index is 440. The zero-order valence-corrected chi connectivity index (χ0v) is 11.6. The van der Waals surface area contributed by atoms with Crippen molar-refractivity contribution < 1.29 is 0 Å². The molecule has 1 aromatic heterocycles. The van der Waals surface area contributed by atoms with E-state index in [2.05, 4.69) is 33.8 Å². The first-order valence-corrected chi connectivity index (χ1v) is 6.71. The predicted octanol–water partition coefficient (Wildman–Crippen LogP) is 4.76. The molecular weight excluding hydrogens is 250 g/mol. The molecule has 0 aliphatic heterocycles. The van der Waals surface area contributed by atoms with E-state index >= 15 is 0 Å². The lowest BCUT2D eigenvalue weighted by Gasteiger charge is -2.08. The highest BCUT2D eigenvalue weighted by Gasteiger charge is 2.10. The van der Waals surface area contributed by atoms with Crippen LogP contribution >= 0.6 is 11.6 Å². The molecule has 0 atom stereocenters. The summed E-state index contributed by atoms with van der Waals surface area (Å²) in [6.07, 6.45) is 5.60. The second-order valence-electron chi connectivity index (χ2n) is 4.13. The van der Waals surface area contributed by atoms with Crippen LogP contribution in [0.5, 0.6) is 0 Å². The smallest absolute Gasteiger partial charge is 0.150 e. The Morgan fingerprint density at radius 3 is 2.28 bits per heavy atom. The van der Waals surface area contributed by atoms with Crippen LogP contribution in [-0.2, 0) is 12.8 Å². The molecule has 0 bridgehead atoms. The van der Waals surface area contributed by atoms with Gasteiger partial charge in [-0.15, -0.1) is 0 Å². The SMILES string of the molecule is CCCCc1nc(N=[N+]=[N-])c(CCCC)nc1Cl. The average Bonchev–Trinajstić information content (AvgIpc) is 2.37. The van der Waals surface area contributed by atoms with Gasteiger partial charge in [-0.2, -0.15) is 0 Å². The lowest BCUT2D eigenvalue weighted by Crippen LogP contribution is -2.00. The van der Waals surface area contributed by atoms with E-state index in [1.54, 1.807) is 0 Å². The maximum Gasteiger partial charge on any atom is 0.150 e. The second kappa shape index (κ2) is 7.90. The Morgan fingerprint density at radius 2 is 1.72 bits per heavy atom. The number of nitrogens with zero attached hydrogens (tertiary/aromatic N) is 5. The van der Waals surface area contributed by atoms with Crippen LogP contribution in [0.4, 0.5) is 5.82 Å². The van der Waals surface area contributed by atoms with Gasteiger partial charge < -0.3 is 0 Å². The molecule has 0 N–H and O–H groups in total. The van der Waals surface area contributed by atoms with Gasteiger partial charge >= 0.3 is 0 Å². The van der Waals surface area contributed by atoms with Crippen molar-refractivity contribution in [3.63, 3.8) is 0 Å². The Labute approximate surface area is 112 Å². The molecule has 0 radical (unpaired) electrons. The van der Waals surface area contributed by atoms with E-state index in [0.29, 0.717) is 16.7 Å². The molecule has 0 saturated heterocycles. The Hall–Kier alpha value is -1.32. The van der Waals surface area contributed by atoms with Gasteiger partial charge in [0.25, 0.3) is 0 Å². The number of azide groups is 1. The number of rotatable bonds is 7. The highest BCUT2D eigenvalue weighted by atomic mass is 35.5. The normalized spacial score (nSPS) is 10.2. The van der Waals surface area contributed by atoms with Crippen LogP contribution in [0.1, 0.15) is 50.9 Å². The van der Waals surface area contributed by atoms with Gasteiger partial charge in [0.2, 0.25) is 0 Å². The minimum Gasteiger partial charge on any atom is -0.246 e. The van der Waals surface area contributed by atoms with Gasteiger partial charge in [0.15, 0.2) is 5.15 Å². The Balaban J connectivity index is 3.03. The van der Waals surface area contributed by atoms with Crippen molar-refractivity contribution in [2.45, 2.75) is 52.4 Å². The van der Waals surface area contributed by atoms with Crippen LogP contribution in [0.3, 0.4) is 0 Å². The van der Waals surface area contributed by atoms with E-state index in [1.165, 1.54) is 0 Å². The van der Waals surface area contributed by atoms with Gasteiger partial charge in [-0.25, -0.2) is 9.97 Å². The molecular formula is C12H18ClN5. The fraction of sp³-hybridized carbons (Fsp3) is 0.667. The lowest BCUT2D eigenvalue weighted by molar-refractivity contribution is 0.749. The summed E-state index contributed by atoms with van der Waals surface area (Å²) < 4.78 is 0. The van der Waals surface area contributed by atoms with E-state index in [-0.39, 0.29) is 0 Å². The van der Waals surface area contributed by atoms with E-state index in [9.17, 15) is 0 Å². The van der Waals surface area contributed by atoms with Gasteiger partial charge in [-0.3, -0.25) is 0 Å². The Kier molecular flexibility index (Phi) is 6.47. The molecule has 1 aromatic rings. The third-order valence-electron chi connectivity index (χ3n) is 2.64. The number of hydrogen-bond donors (Lipinski definition) is 0. The van der Waals surface area contributed by atoms with Crippen molar-refractivity contribution in [1.82, 2.24) is 9.97 Å². The summed E-state index contributed by atoms with van der Waals surface area (Å²) in [5, 5.41) is 4.05. The minimum absolute atomic E-state index is 0.376. The van der Waals surface area contributed by atoms with Crippen LogP contribution in [0, 0.1) is 0 Å². The molecule has 0 unspecified atom stereocenters. The van der Waals surface area contributed by atoms with Crippen LogP contribution < -0.4 is 0 Å². The second-order valence-corrected chi connectivity index (χ2v) is 4.49. The molecule has 0 fully saturated rings. The quantitative estimate of drug-likeness (QED) is 0.406. The first kappa shape index (κ1) is 14.7. The molecule has 6 heteroatoms. The summed E-state index contributed by atoms with van der Waals surface area (Å²) in [5.74, 6) is 0.376. The molecule has 1 heterocycles. The third kappa shape index (κ3) is 4.17. The van der Waals surface area contributed by atoms with Crippen LogP contribution in [0.2, 0.25) is 5.15 Å². The van der Waals surface area contributed by atoms with Crippen molar-refractivity contribution in [2.24, 2.45) is 5.11 Å². The highest BCUT2D eigenvalue weighted by molar-refractivity contribution is 6.30. The number of aromatic nitrogens is 2. The number of halogens is 1. The minimum atomic E-state index is 0.376. The summed E-state index contributed by atoms with van der Waals surface area (Å²) in [5.41, 5.74) is 9.98. The summed E-state index contributed by atoms with van der Waals surface area (Å²) in [6, 6.07) is 0. The molecule has 0 saturated carbocycles. The monoisotopic (exact) mass is 267 g/mol. The lowest BCUT2D eigenvalue weighted by atomic mass is 10.2. The van der Waals surface area contributed by atoms with Gasteiger partial charge in [-0.05, 0) is 36.3 Å². The largest absolute Gasteiger partial charge is 0.246 e. The number of unbranched alkanes of at least 4 members (excludes halogenated alkanes) is 2. The van der Waals surface area contributed by atoms with Gasteiger partial charge in [0.05, 0.1) is 11.4 Å². The number of hydrogen-bond acceptors (Lipinski definition) is 3. The molecule has 0 aliphatic carbocycles. The first-order chi connectivity index (χ1) is 8.72. The van der Waals surface area contributed by atoms with Crippen molar-refractivity contribution in [3.8, 4) is 0 Å². The standard InChI is InChI=1S/C12H18ClN5/c1-3-5-7-9-11(13)15-10(8-6-4-2)12(16-9)17-18-14/h3-8H2,1-2H3. The zero-order valence-electron chi connectivity index (χ0n) is 10.9. The van der Waals surface area contributed by atoms with Crippen LogP contribution in [0.15, 0.2) is 5.11 Å². The molecule has 18 heavy (non-hydrogen) atoms. The van der Waals surface area contributed by atoms with Crippen LogP contribution in [-0.4, -0.2) is 9.97 Å². The molecule has 0 amide bonds. The van der Waals surface area contributed by atoms with Crippen molar-refractivity contribution in [1.29, 1.82) is 0 Å². The Morgan fingerprint density at radius 1 is 1.11 bits per heavy atom. The van der Waals surface area contributed by atoms with Gasteiger partial charge in [-0.1, -0.05) is 38.3 Å². The molecule has 5 nitrogen and oxygen atoms in total. The average molecular weight is 268 g/mol. The van der Waals surface area contributed by atoms with Crippen molar-refractivity contribution in [3.05, 3.63) is 27.0 Å². The number of aryl methyl sites for hydroxylation is 2.